The van der Waals surface area contributed by atoms with Crippen LogP contribution in [0.15, 0.2) is 150 Å². The van der Waals surface area contributed by atoms with Gasteiger partial charge in [0.1, 0.15) is 11.3 Å². The molecule has 0 unspecified atom stereocenters. The van der Waals surface area contributed by atoms with Crippen LogP contribution in [0.5, 0.6) is 0 Å². The Bertz CT molecular complexity index is 2420. The first-order chi connectivity index (χ1) is 22.5. The van der Waals surface area contributed by atoms with E-state index in [1.807, 2.05) is 36.4 Å². The highest BCUT2D eigenvalue weighted by molar-refractivity contribution is 5.98. The zero-order chi connectivity index (χ0) is 30.8. The highest BCUT2D eigenvalue weighted by atomic mass is 16.3. The molecule has 0 N–H and O–H groups in total. The minimum absolute atomic E-state index is 0.142. The van der Waals surface area contributed by atoms with Gasteiger partial charge in [0.2, 0.25) is 0 Å². The van der Waals surface area contributed by atoms with E-state index in [9.17, 15) is 0 Å². The average Bonchev–Trinajstić information content (AvgIpc) is 3.64. The van der Waals surface area contributed by atoms with Crippen LogP contribution in [0.1, 0.15) is 25.0 Å². The summed E-state index contributed by atoms with van der Waals surface area (Å²) in [5, 5.41) is 3.59. The molecule has 0 radical (unpaired) electrons. The predicted molar refractivity (Wildman–Crippen MR) is 189 cm³/mol. The third-order valence-corrected chi connectivity index (χ3v) is 9.49. The third kappa shape index (κ3) is 4.13. The van der Waals surface area contributed by atoms with Crippen LogP contribution in [-0.2, 0) is 5.41 Å². The second kappa shape index (κ2) is 10.1. The molecule has 0 saturated heterocycles. The summed E-state index contributed by atoms with van der Waals surface area (Å²) in [6, 6.07) is 51.1. The number of hydrogen-bond donors (Lipinski definition) is 0. The van der Waals surface area contributed by atoms with E-state index in [0.29, 0.717) is 5.82 Å². The molecule has 3 heteroatoms. The summed E-state index contributed by atoms with van der Waals surface area (Å²) in [5.41, 5.74) is 11.8. The minimum Gasteiger partial charge on any atom is -0.456 e. The smallest absolute Gasteiger partial charge is 0.160 e. The highest BCUT2D eigenvalue weighted by Gasteiger charge is 2.37. The summed E-state index contributed by atoms with van der Waals surface area (Å²) >= 11 is 0. The monoisotopic (exact) mass is 590 g/mol. The van der Waals surface area contributed by atoms with Gasteiger partial charge in [-0.15, -0.1) is 0 Å². The molecule has 0 amide bonds. The number of para-hydroxylation sites is 1. The molecule has 46 heavy (non-hydrogen) atoms. The van der Waals surface area contributed by atoms with Gasteiger partial charge in [0.15, 0.2) is 5.82 Å². The molecular formula is C43H30N2O. The number of aromatic nitrogens is 2. The SMILES string of the molecule is CC1(C)c2cc3ccccc3cc2-c2c(-c3cc(-c4ccccc4-c4cc5ccccc5o4)nc(-c4ccccc4)n3)cccc21. The minimum atomic E-state index is -0.142. The van der Waals surface area contributed by atoms with E-state index >= 15 is 0 Å². The van der Waals surface area contributed by atoms with Gasteiger partial charge < -0.3 is 4.42 Å². The molecule has 0 bridgehead atoms. The van der Waals surface area contributed by atoms with Crippen molar-refractivity contribution in [1.82, 2.24) is 9.97 Å². The topological polar surface area (TPSA) is 38.9 Å². The Balaban J connectivity index is 1.30. The maximum atomic E-state index is 6.36. The molecule has 2 aromatic heterocycles. The summed E-state index contributed by atoms with van der Waals surface area (Å²) in [7, 11) is 0. The van der Waals surface area contributed by atoms with Crippen LogP contribution in [-0.4, -0.2) is 9.97 Å². The van der Waals surface area contributed by atoms with E-state index in [2.05, 4.69) is 123 Å². The van der Waals surface area contributed by atoms with Gasteiger partial charge in [-0.25, -0.2) is 9.97 Å². The molecule has 0 saturated carbocycles. The lowest BCUT2D eigenvalue weighted by atomic mass is 9.81. The number of hydrogen-bond acceptors (Lipinski definition) is 3. The molecular weight excluding hydrogens is 560 g/mol. The first-order valence-electron chi connectivity index (χ1n) is 15.7. The van der Waals surface area contributed by atoms with Gasteiger partial charge >= 0.3 is 0 Å². The van der Waals surface area contributed by atoms with Crippen molar-refractivity contribution < 1.29 is 4.42 Å². The standard InChI is InChI=1S/C43H30N2O/c1-43(2)35-21-12-20-33(41(35)34-23-28-15-6-7-16-29(28)24-36(34)43)38-26-37(44-42(45-38)27-13-4-3-5-14-27)31-18-9-10-19-32(31)40-25-30-17-8-11-22-39(30)46-40/h3-26H,1-2H3. The summed E-state index contributed by atoms with van der Waals surface area (Å²) in [6.07, 6.45) is 0. The predicted octanol–water partition coefficient (Wildman–Crippen LogP) is 11.4. The largest absolute Gasteiger partial charge is 0.456 e. The quantitative estimate of drug-likeness (QED) is 0.205. The molecule has 0 spiro atoms. The van der Waals surface area contributed by atoms with Crippen molar-refractivity contribution in [3.05, 3.63) is 157 Å². The van der Waals surface area contributed by atoms with E-state index in [4.69, 9.17) is 14.4 Å². The van der Waals surface area contributed by atoms with Crippen molar-refractivity contribution in [2.75, 3.05) is 0 Å². The fourth-order valence-electron chi connectivity index (χ4n) is 7.16. The first kappa shape index (κ1) is 26.6. The van der Waals surface area contributed by atoms with Crippen molar-refractivity contribution in [3.63, 3.8) is 0 Å². The fraction of sp³-hybridized carbons (Fsp3) is 0.0698. The van der Waals surface area contributed by atoms with Crippen molar-refractivity contribution in [3.8, 4) is 56.4 Å². The van der Waals surface area contributed by atoms with Gasteiger partial charge in [0.25, 0.3) is 0 Å². The third-order valence-electron chi connectivity index (χ3n) is 9.49. The summed E-state index contributed by atoms with van der Waals surface area (Å²) in [6.45, 7) is 4.67. The lowest BCUT2D eigenvalue weighted by molar-refractivity contribution is 0.632. The van der Waals surface area contributed by atoms with Crippen LogP contribution >= 0.6 is 0 Å². The van der Waals surface area contributed by atoms with Crippen molar-refractivity contribution in [1.29, 1.82) is 0 Å². The van der Waals surface area contributed by atoms with Gasteiger partial charge in [-0.1, -0.05) is 129 Å². The van der Waals surface area contributed by atoms with Crippen LogP contribution in [0.25, 0.3) is 78.1 Å². The zero-order valence-corrected chi connectivity index (χ0v) is 25.7. The maximum absolute atomic E-state index is 6.36. The summed E-state index contributed by atoms with van der Waals surface area (Å²) in [4.78, 5) is 10.5. The Labute approximate surface area is 267 Å². The van der Waals surface area contributed by atoms with Gasteiger partial charge in [-0.05, 0) is 63.4 Å². The number of rotatable bonds is 4. The Morgan fingerprint density at radius 1 is 0.478 bits per heavy atom. The molecule has 218 valence electrons. The molecule has 3 nitrogen and oxygen atoms in total. The van der Waals surface area contributed by atoms with E-state index in [-0.39, 0.29) is 5.41 Å². The van der Waals surface area contributed by atoms with Gasteiger partial charge in [0.05, 0.1) is 11.4 Å². The molecule has 8 aromatic rings. The Morgan fingerprint density at radius 2 is 1.11 bits per heavy atom. The van der Waals surface area contributed by atoms with E-state index in [1.54, 1.807) is 0 Å². The van der Waals surface area contributed by atoms with Gasteiger partial charge in [-0.2, -0.15) is 0 Å². The van der Waals surface area contributed by atoms with Crippen molar-refractivity contribution in [2.24, 2.45) is 0 Å². The van der Waals surface area contributed by atoms with Crippen LogP contribution < -0.4 is 0 Å². The van der Waals surface area contributed by atoms with Crippen LogP contribution in [0, 0.1) is 0 Å². The van der Waals surface area contributed by atoms with E-state index in [1.165, 1.54) is 33.0 Å². The molecule has 9 rings (SSSR count). The second-order valence-electron chi connectivity index (χ2n) is 12.6. The van der Waals surface area contributed by atoms with Crippen molar-refractivity contribution >= 4 is 21.7 Å². The molecule has 0 aliphatic heterocycles. The molecule has 0 atom stereocenters. The van der Waals surface area contributed by atoms with Crippen LogP contribution in [0.3, 0.4) is 0 Å². The number of fused-ring (bicyclic) bond motifs is 5. The van der Waals surface area contributed by atoms with Gasteiger partial charge in [0, 0.05) is 33.1 Å². The normalized spacial score (nSPS) is 13.2. The number of furan rings is 1. The molecule has 2 heterocycles. The molecule has 1 aliphatic rings. The maximum Gasteiger partial charge on any atom is 0.160 e. The lowest BCUT2D eigenvalue weighted by Gasteiger charge is -2.22. The lowest BCUT2D eigenvalue weighted by Crippen LogP contribution is -2.14. The van der Waals surface area contributed by atoms with Gasteiger partial charge in [-0.3, -0.25) is 0 Å². The first-order valence-corrected chi connectivity index (χ1v) is 15.7. The molecule has 1 aliphatic carbocycles. The Morgan fingerprint density at radius 3 is 1.89 bits per heavy atom. The molecule has 0 fully saturated rings. The fourth-order valence-corrected chi connectivity index (χ4v) is 7.16. The van der Waals surface area contributed by atoms with E-state index < -0.39 is 0 Å². The van der Waals surface area contributed by atoms with Crippen LogP contribution in [0.4, 0.5) is 0 Å². The second-order valence-corrected chi connectivity index (χ2v) is 12.6. The van der Waals surface area contributed by atoms with E-state index in [0.717, 1.165) is 50.4 Å². The molecule has 6 aromatic carbocycles. The average molecular weight is 591 g/mol. The Hall–Kier alpha value is -5.80. The van der Waals surface area contributed by atoms with Crippen LogP contribution in [0.2, 0.25) is 0 Å². The number of benzene rings is 6. The zero-order valence-electron chi connectivity index (χ0n) is 25.7. The number of nitrogens with zero attached hydrogens (tertiary/aromatic N) is 2. The summed E-state index contributed by atoms with van der Waals surface area (Å²) in [5.74, 6) is 1.52. The summed E-state index contributed by atoms with van der Waals surface area (Å²) < 4.78 is 6.36. The Kier molecular flexibility index (Phi) is 5.85. The van der Waals surface area contributed by atoms with Crippen molar-refractivity contribution in [2.45, 2.75) is 19.3 Å². The highest BCUT2D eigenvalue weighted by Crippen LogP contribution is 2.53.